The van der Waals surface area contributed by atoms with E-state index in [9.17, 15) is 4.79 Å². The first kappa shape index (κ1) is 19.2. The van der Waals surface area contributed by atoms with Gasteiger partial charge in [0.2, 0.25) is 6.79 Å². The smallest absolute Gasteiger partial charge is 0.272 e. The van der Waals surface area contributed by atoms with Crippen LogP contribution in [0.3, 0.4) is 0 Å². The molecule has 0 unspecified atom stereocenters. The third-order valence-electron chi connectivity index (χ3n) is 5.66. The van der Waals surface area contributed by atoms with Gasteiger partial charge in [-0.25, -0.2) is 9.67 Å². The summed E-state index contributed by atoms with van der Waals surface area (Å²) in [7, 11) is 0. The van der Waals surface area contributed by atoms with Crippen LogP contribution in [0.5, 0.6) is 11.5 Å². The lowest BCUT2D eigenvalue weighted by molar-refractivity contribution is 0.0740. The minimum Gasteiger partial charge on any atom is -0.454 e. The van der Waals surface area contributed by atoms with Crippen molar-refractivity contribution >= 4 is 11.7 Å². The molecule has 0 radical (unpaired) electrons. The molecule has 12 heteroatoms. The number of fused-ring (bicyclic) bond motifs is 1. The number of amides is 1. The van der Waals surface area contributed by atoms with E-state index in [0.717, 1.165) is 11.4 Å². The summed E-state index contributed by atoms with van der Waals surface area (Å²) in [5, 5.41) is 19.7. The lowest BCUT2D eigenvalue weighted by atomic mass is 10.1. The van der Waals surface area contributed by atoms with Gasteiger partial charge in [0, 0.05) is 31.7 Å². The number of anilines is 1. The molecule has 0 bridgehead atoms. The zero-order valence-corrected chi connectivity index (χ0v) is 17.5. The lowest BCUT2D eigenvalue weighted by Gasteiger charge is -2.34. The first-order valence-electron chi connectivity index (χ1n) is 10.4. The van der Waals surface area contributed by atoms with Crippen molar-refractivity contribution in [3.8, 4) is 28.6 Å². The van der Waals surface area contributed by atoms with E-state index in [0.29, 0.717) is 54.9 Å². The summed E-state index contributed by atoms with van der Waals surface area (Å²) < 4.78 is 12.3. The topological polar surface area (TPSA) is 127 Å². The number of aromatic nitrogens is 7. The van der Waals surface area contributed by atoms with Gasteiger partial charge in [0.15, 0.2) is 23.1 Å². The maximum absolute atomic E-state index is 13.0. The molecule has 0 spiro atoms. The molecule has 1 amide bonds. The van der Waals surface area contributed by atoms with Crippen LogP contribution in [0.1, 0.15) is 10.5 Å². The van der Waals surface area contributed by atoms with Crippen molar-refractivity contribution in [2.45, 2.75) is 0 Å². The number of H-pyrrole nitrogens is 1. The van der Waals surface area contributed by atoms with Crippen molar-refractivity contribution in [1.29, 1.82) is 0 Å². The largest absolute Gasteiger partial charge is 0.454 e. The zero-order valence-electron chi connectivity index (χ0n) is 17.5. The molecule has 1 fully saturated rings. The summed E-state index contributed by atoms with van der Waals surface area (Å²) >= 11 is 0. The molecule has 3 aromatic heterocycles. The van der Waals surface area contributed by atoms with Gasteiger partial charge in [0.05, 0.1) is 5.69 Å². The molecule has 1 aromatic carbocycles. The molecular formula is C21H19N9O3. The van der Waals surface area contributed by atoms with Crippen molar-refractivity contribution in [3.63, 3.8) is 0 Å². The Kier molecular flexibility index (Phi) is 4.60. The molecule has 1 saturated heterocycles. The monoisotopic (exact) mass is 445 g/mol. The molecule has 0 saturated carbocycles. The van der Waals surface area contributed by atoms with E-state index in [2.05, 4.69) is 35.4 Å². The van der Waals surface area contributed by atoms with Gasteiger partial charge < -0.3 is 19.3 Å². The Morgan fingerprint density at radius 2 is 1.76 bits per heavy atom. The third-order valence-corrected chi connectivity index (χ3v) is 5.66. The molecule has 166 valence electrons. The van der Waals surface area contributed by atoms with E-state index in [1.807, 2.05) is 35.2 Å². The number of aromatic amines is 1. The van der Waals surface area contributed by atoms with Crippen LogP contribution in [-0.4, -0.2) is 78.9 Å². The Morgan fingerprint density at radius 3 is 2.55 bits per heavy atom. The first-order chi connectivity index (χ1) is 16.2. The Labute approximate surface area is 187 Å². The van der Waals surface area contributed by atoms with Crippen LogP contribution < -0.4 is 14.4 Å². The Morgan fingerprint density at radius 1 is 0.939 bits per heavy atom. The van der Waals surface area contributed by atoms with E-state index >= 15 is 0 Å². The average Bonchev–Trinajstić information content (AvgIpc) is 3.65. The molecule has 2 aliphatic rings. The molecular weight excluding hydrogens is 426 g/mol. The molecule has 2 aliphatic heterocycles. The fraction of sp³-hybridized carbons (Fsp3) is 0.238. The number of carbonyl (C=O) groups excluding carboxylic acids is 1. The Hall–Kier alpha value is -4.48. The number of nitrogens with one attached hydrogen (secondary N) is 1. The number of hydrogen-bond donors (Lipinski definition) is 1. The van der Waals surface area contributed by atoms with Gasteiger partial charge in [-0.05, 0) is 36.4 Å². The average molecular weight is 445 g/mol. The van der Waals surface area contributed by atoms with Crippen molar-refractivity contribution in [2.75, 3.05) is 37.9 Å². The highest BCUT2D eigenvalue weighted by Gasteiger charge is 2.25. The number of benzene rings is 1. The maximum Gasteiger partial charge on any atom is 0.272 e. The van der Waals surface area contributed by atoms with Crippen LogP contribution in [0.2, 0.25) is 0 Å². The number of ether oxygens (including phenoxy) is 2. The van der Waals surface area contributed by atoms with Crippen LogP contribution in [0.15, 0.2) is 49.1 Å². The number of piperazine rings is 1. The molecule has 4 aromatic rings. The highest BCUT2D eigenvalue weighted by Crippen LogP contribution is 2.35. The Balaban J connectivity index is 1.10. The number of rotatable bonds is 4. The first-order valence-corrected chi connectivity index (χ1v) is 10.4. The standard InChI is InChI=1S/C21H19N9O3/c31-21(16-10-15(24-25-16)14-1-2-17-18(9-14)33-13-32-17)29-7-5-28(6-8-29)19-3-4-20(27-26-19)30-12-22-11-23-30/h1-4,9-12H,5-8,13H2,(H,24,25). The van der Waals surface area contributed by atoms with Crippen molar-refractivity contribution in [1.82, 2.24) is 40.1 Å². The third kappa shape index (κ3) is 3.60. The van der Waals surface area contributed by atoms with Crippen LogP contribution in [-0.2, 0) is 0 Å². The van der Waals surface area contributed by atoms with Gasteiger partial charge in [-0.2, -0.15) is 10.2 Å². The van der Waals surface area contributed by atoms with E-state index in [1.54, 1.807) is 17.1 Å². The fourth-order valence-electron chi connectivity index (χ4n) is 3.88. The van der Waals surface area contributed by atoms with Gasteiger partial charge in [-0.1, -0.05) is 0 Å². The SMILES string of the molecule is O=C(c1cc(-c2ccc3c(c2)OCO3)n[nH]1)N1CCN(c2ccc(-n3cncn3)nn2)CC1. The fourth-order valence-corrected chi connectivity index (χ4v) is 3.88. The highest BCUT2D eigenvalue weighted by atomic mass is 16.7. The van der Waals surface area contributed by atoms with Crippen molar-refractivity contribution < 1.29 is 14.3 Å². The number of hydrogen-bond acceptors (Lipinski definition) is 9. The van der Waals surface area contributed by atoms with Crippen molar-refractivity contribution in [2.24, 2.45) is 0 Å². The van der Waals surface area contributed by atoms with Gasteiger partial charge in [0.1, 0.15) is 18.3 Å². The lowest BCUT2D eigenvalue weighted by Crippen LogP contribution is -2.49. The van der Waals surface area contributed by atoms with Crippen molar-refractivity contribution in [3.05, 3.63) is 54.7 Å². The van der Waals surface area contributed by atoms with Crippen LogP contribution in [0.25, 0.3) is 17.1 Å². The predicted molar refractivity (Wildman–Crippen MR) is 115 cm³/mol. The zero-order chi connectivity index (χ0) is 22.2. The Bertz CT molecular complexity index is 1280. The molecule has 5 heterocycles. The molecule has 33 heavy (non-hydrogen) atoms. The number of nitrogens with zero attached hydrogens (tertiary/aromatic N) is 8. The number of carbonyl (C=O) groups is 1. The van der Waals surface area contributed by atoms with Crippen LogP contribution >= 0.6 is 0 Å². The summed E-state index contributed by atoms with van der Waals surface area (Å²) in [6.45, 7) is 2.68. The molecule has 1 N–H and O–H groups in total. The van der Waals surface area contributed by atoms with Crippen LogP contribution in [0, 0.1) is 0 Å². The quantitative estimate of drug-likeness (QED) is 0.492. The molecule has 0 atom stereocenters. The summed E-state index contributed by atoms with van der Waals surface area (Å²) in [6, 6.07) is 11.1. The second-order valence-corrected chi connectivity index (χ2v) is 7.60. The normalized spacial score (nSPS) is 15.2. The van der Waals surface area contributed by atoms with E-state index in [1.165, 1.54) is 6.33 Å². The second kappa shape index (κ2) is 7.89. The summed E-state index contributed by atoms with van der Waals surface area (Å²) in [5.41, 5.74) is 1.98. The minimum atomic E-state index is -0.0817. The summed E-state index contributed by atoms with van der Waals surface area (Å²) in [6.07, 6.45) is 3.02. The van der Waals surface area contributed by atoms with Gasteiger partial charge in [-0.15, -0.1) is 10.2 Å². The molecule has 12 nitrogen and oxygen atoms in total. The molecule has 6 rings (SSSR count). The molecule has 0 aliphatic carbocycles. The van der Waals surface area contributed by atoms with E-state index in [-0.39, 0.29) is 12.7 Å². The highest BCUT2D eigenvalue weighted by molar-refractivity contribution is 5.93. The maximum atomic E-state index is 13.0. The minimum absolute atomic E-state index is 0.0817. The predicted octanol–water partition coefficient (Wildman–Crippen LogP) is 1.14. The van der Waals surface area contributed by atoms with Crippen LogP contribution in [0.4, 0.5) is 5.82 Å². The van der Waals surface area contributed by atoms with E-state index < -0.39 is 0 Å². The van der Waals surface area contributed by atoms with E-state index in [4.69, 9.17) is 9.47 Å². The van der Waals surface area contributed by atoms with Gasteiger partial charge in [0.25, 0.3) is 5.91 Å². The van der Waals surface area contributed by atoms with Gasteiger partial charge >= 0.3 is 0 Å². The summed E-state index contributed by atoms with van der Waals surface area (Å²) in [5.74, 6) is 2.67. The summed E-state index contributed by atoms with van der Waals surface area (Å²) in [4.78, 5) is 20.8. The van der Waals surface area contributed by atoms with Gasteiger partial charge in [-0.3, -0.25) is 9.89 Å². The second-order valence-electron chi connectivity index (χ2n) is 7.60.